The lowest BCUT2D eigenvalue weighted by atomic mass is 10.1. The maximum absolute atomic E-state index is 12.6. The summed E-state index contributed by atoms with van der Waals surface area (Å²) in [5, 5.41) is 2.82. The molecule has 6 heteroatoms. The van der Waals surface area contributed by atoms with E-state index in [2.05, 4.69) is 5.32 Å². The smallest absolute Gasteiger partial charge is 0.261 e. The Kier molecular flexibility index (Phi) is 5.80. The number of carbonyl (C=O) groups is 3. The van der Waals surface area contributed by atoms with E-state index >= 15 is 0 Å². The topological polar surface area (TPSA) is 75.7 Å². The van der Waals surface area contributed by atoms with Crippen molar-refractivity contribution in [1.82, 2.24) is 10.2 Å². The third-order valence-electron chi connectivity index (χ3n) is 5.09. The zero-order valence-electron chi connectivity index (χ0n) is 17.1. The van der Waals surface area contributed by atoms with Crippen molar-refractivity contribution in [2.75, 3.05) is 13.2 Å². The maximum atomic E-state index is 12.6. The molecule has 0 bridgehead atoms. The van der Waals surface area contributed by atoms with Crippen LogP contribution < -0.4 is 10.1 Å². The molecule has 3 amide bonds. The van der Waals surface area contributed by atoms with Crippen LogP contribution in [0.2, 0.25) is 0 Å². The molecular formula is C25H22N2O4. The minimum atomic E-state index is -0.316. The van der Waals surface area contributed by atoms with Crippen LogP contribution in [0.5, 0.6) is 5.75 Å². The SMILES string of the molecule is Cc1ccc(OCCNC(=O)c2cccc(CN3C(=O)c4ccccc4C3=O)c2)cc1. The van der Waals surface area contributed by atoms with Crippen molar-refractivity contribution < 1.29 is 19.1 Å². The molecule has 1 heterocycles. The molecule has 0 fully saturated rings. The fourth-order valence-corrected chi connectivity index (χ4v) is 3.45. The number of hydrogen-bond donors (Lipinski definition) is 1. The lowest BCUT2D eigenvalue weighted by Crippen LogP contribution is -2.30. The van der Waals surface area contributed by atoms with Crippen LogP contribution in [0.4, 0.5) is 0 Å². The van der Waals surface area contributed by atoms with Gasteiger partial charge in [-0.2, -0.15) is 0 Å². The average molecular weight is 414 g/mol. The average Bonchev–Trinajstić information content (AvgIpc) is 3.03. The number of nitrogens with zero attached hydrogens (tertiary/aromatic N) is 1. The zero-order valence-corrected chi connectivity index (χ0v) is 17.1. The lowest BCUT2D eigenvalue weighted by molar-refractivity contribution is 0.0642. The molecule has 3 aromatic rings. The summed E-state index contributed by atoms with van der Waals surface area (Å²) in [7, 11) is 0. The van der Waals surface area contributed by atoms with Crippen LogP contribution in [-0.4, -0.2) is 35.8 Å². The van der Waals surface area contributed by atoms with Crippen molar-refractivity contribution in [3.8, 4) is 5.75 Å². The van der Waals surface area contributed by atoms with Crippen molar-refractivity contribution in [2.45, 2.75) is 13.5 Å². The first kappa shape index (κ1) is 20.3. The number of amides is 3. The van der Waals surface area contributed by atoms with Gasteiger partial charge < -0.3 is 10.1 Å². The highest BCUT2D eigenvalue weighted by Crippen LogP contribution is 2.24. The minimum Gasteiger partial charge on any atom is -0.492 e. The van der Waals surface area contributed by atoms with E-state index in [0.717, 1.165) is 11.3 Å². The molecule has 0 atom stereocenters. The maximum Gasteiger partial charge on any atom is 0.261 e. The van der Waals surface area contributed by atoms with E-state index in [9.17, 15) is 14.4 Å². The molecule has 0 spiro atoms. The molecular weight excluding hydrogens is 392 g/mol. The van der Waals surface area contributed by atoms with Gasteiger partial charge in [-0.05, 0) is 48.9 Å². The molecule has 3 aromatic carbocycles. The number of carbonyl (C=O) groups excluding carboxylic acids is 3. The van der Waals surface area contributed by atoms with Crippen LogP contribution in [0.15, 0.2) is 72.8 Å². The van der Waals surface area contributed by atoms with E-state index in [1.807, 2.05) is 31.2 Å². The number of rotatable bonds is 7. The number of nitrogens with one attached hydrogen (secondary N) is 1. The molecule has 0 unspecified atom stereocenters. The monoisotopic (exact) mass is 414 g/mol. The van der Waals surface area contributed by atoms with E-state index in [-0.39, 0.29) is 24.3 Å². The number of hydrogen-bond acceptors (Lipinski definition) is 4. The highest BCUT2D eigenvalue weighted by molar-refractivity contribution is 6.21. The predicted molar refractivity (Wildman–Crippen MR) is 116 cm³/mol. The highest BCUT2D eigenvalue weighted by atomic mass is 16.5. The van der Waals surface area contributed by atoms with Crippen LogP contribution >= 0.6 is 0 Å². The van der Waals surface area contributed by atoms with Gasteiger partial charge in [0.2, 0.25) is 0 Å². The van der Waals surface area contributed by atoms with Gasteiger partial charge in [-0.3, -0.25) is 19.3 Å². The van der Waals surface area contributed by atoms with Gasteiger partial charge in [-0.15, -0.1) is 0 Å². The van der Waals surface area contributed by atoms with Crippen molar-refractivity contribution in [3.63, 3.8) is 0 Å². The zero-order chi connectivity index (χ0) is 21.8. The fraction of sp³-hybridized carbons (Fsp3) is 0.160. The second-order valence-electron chi connectivity index (χ2n) is 7.36. The number of aryl methyl sites for hydroxylation is 1. The molecule has 0 saturated heterocycles. The Morgan fingerprint density at radius 3 is 2.26 bits per heavy atom. The summed E-state index contributed by atoms with van der Waals surface area (Å²) in [4.78, 5) is 38.8. The van der Waals surface area contributed by atoms with Gasteiger partial charge in [-0.1, -0.05) is 42.0 Å². The Balaban J connectivity index is 1.34. The van der Waals surface area contributed by atoms with E-state index < -0.39 is 0 Å². The van der Waals surface area contributed by atoms with Gasteiger partial charge in [0.15, 0.2) is 0 Å². The largest absolute Gasteiger partial charge is 0.492 e. The number of imide groups is 1. The van der Waals surface area contributed by atoms with E-state index in [0.29, 0.717) is 35.4 Å². The van der Waals surface area contributed by atoms with Gasteiger partial charge in [-0.25, -0.2) is 0 Å². The molecule has 0 aliphatic carbocycles. The van der Waals surface area contributed by atoms with Crippen molar-refractivity contribution in [3.05, 3.63) is 101 Å². The summed E-state index contributed by atoms with van der Waals surface area (Å²) in [5.74, 6) is -0.119. The third-order valence-corrected chi connectivity index (χ3v) is 5.09. The Morgan fingerprint density at radius 2 is 1.58 bits per heavy atom. The Bertz CT molecular complexity index is 1100. The number of benzene rings is 3. The van der Waals surface area contributed by atoms with E-state index in [1.165, 1.54) is 4.90 Å². The first-order valence-corrected chi connectivity index (χ1v) is 10.0. The molecule has 0 saturated carbocycles. The molecule has 0 aromatic heterocycles. The lowest BCUT2D eigenvalue weighted by Gasteiger charge is -2.14. The Morgan fingerprint density at radius 1 is 0.903 bits per heavy atom. The van der Waals surface area contributed by atoms with Gasteiger partial charge in [0.25, 0.3) is 17.7 Å². The van der Waals surface area contributed by atoms with Crippen molar-refractivity contribution in [2.24, 2.45) is 0 Å². The van der Waals surface area contributed by atoms with Gasteiger partial charge in [0.1, 0.15) is 12.4 Å². The molecule has 0 radical (unpaired) electrons. The minimum absolute atomic E-state index is 0.115. The van der Waals surface area contributed by atoms with Gasteiger partial charge in [0, 0.05) is 5.56 Å². The quantitative estimate of drug-likeness (QED) is 0.473. The van der Waals surface area contributed by atoms with Gasteiger partial charge >= 0.3 is 0 Å². The summed E-state index contributed by atoms with van der Waals surface area (Å²) in [6, 6.07) is 21.4. The van der Waals surface area contributed by atoms with Crippen molar-refractivity contribution >= 4 is 17.7 Å². The van der Waals surface area contributed by atoms with Crippen LogP contribution in [0.25, 0.3) is 0 Å². The summed E-state index contributed by atoms with van der Waals surface area (Å²) < 4.78 is 5.62. The molecule has 4 rings (SSSR count). The summed E-state index contributed by atoms with van der Waals surface area (Å²) in [5.41, 5.74) is 3.15. The molecule has 31 heavy (non-hydrogen) atoms. The number of fused-ring (bicyclic) bond motifs is 1. The normalized spacial score (nSPS) is 12.6. The first-order chi connectivity index (χ1) is 15.0. The van der Waals surface area contributed by atoms with Crippen LogP contribution in [-0.2, 0) is 6.54 Å². The molecule has 1 aliphatic rings. The summed E-state index contributed by atoms with van der Waals surface area (Å²) >= 11 is 0. The fourth-order valence-electron chi connectivity index (χ4n) is 3.45. The Labute approximate surface area is 180 Å². The predicted octanol–water partition coefficient (Wildman–Crippen LogP) is 3.60. The summed E-state index contributed by atoms with van der Waals surface area (Å²) in [6.07, 6.45) is 0. The summed E-state index contributed by atoms with van der Waals surface area (Å²) in [6.45, 7) is 2.83. The van der Waals surface area contributed by atoms with Crippen molar-refractivity contribution in [1.29, 1.82) is 0 Å². The highest BCUT2D eigenvalue weighted by Gasteiger charge is 2.34. The standard InChI is InChI=1S/C25H22N2O4/c1-17-9-11-20(12-10-17)31-14-13-26-23(28)19-6-4-5-18(15-19)16-27-24(29)21-7-2-3-8-22(21)25(27)30/h2-12,15H,13-14,16H2,1H3,(H,26,28). The molecule has 156 valence electrons. The first-order valence-electron chi connectivity index (χ1n) is 10.0. The van der Waals surface area contributed by atoms with Crippen LogP contribution in [0.1, 0.15) is 42.2 Å². The van der Waals surface area contributed by atoms with E-state index in [1.54, 1.807) is 48.5 Å². The molecule has 1 aliphatic heterocycles. The molecule has 1 N–H and O–H groups in total. The van der Waals surface area contributed by atoms with Gasteiger partial charge in [0.05, 0.1) is 24.2 Å². The second-order valence-corrected chi connectivity index (χ2v) is 7.36. The van der Waals surface area contributed by atoms with E-state index in [4.69, 9.17) is 4.74 Å². The van der Waals surface area contributed by atoms with Crippen LogP contribution in [0, 0.1) is 6.92 Å². The van der Waals surface area contributed by atoms with Crippen LogP contribution in [0.3, 0.4) is 0 Å². The Hall–Kier alpha value is -3.93. The molecule has 6 nitrogen and oxygen atoms in total. The third kappa shape index (κ3) is 4.48. The number of ether oxygens (including phenoxy) is 1. The second kappa shape index (κ2) is 8.83.